The van der Waals surface area contributed by atoms with Gasteiger partial charge < -0.3 is 20.5 Å². The molecule has 0 atom stereocenters. The molecule has 0 heterocycles. The van der Waals surface area contributed by atoms with Crippen LogP contribution in [-0.4, -0.2) is 42.9 Å². The molecule has 23 heavy (non-hydrogen) atoms. The molecule has 6 heteroatoms. The Bertz CT molecular complexity index is 502. The highest BCUT2D eigenvalue weighted by Crippen LogP contribution is 2.18. The van der Waals surface area contributed by atoms with E-state index in [-0.39, 0.29) is 6.10 Å². The normalized spacial score (nSPS) is 21.8. The second-order valence-corrected chi connectivity index (χ2v) is 6.15. The first-order chi connectivity index (χ1) is 11.2. The maximum Gasteiger partial charge on any atom is 0.191 e. The molecular weight excluding hydrogens is 314 g/mol. The molecule has 0 amide bonds. The van der Waals surface area contributed by atoms with E-state index < -0.39 is 0 Å². The van der Waals surface area contributed by atoms with Gasteiger partial charge in [0.15, 0.2) is 5.96 Å². The van der Waals surface area contributed by atoms with Crippen molar-refractivity contribution in [2.75, 3.05) is 19.7 Å². The van der Waals surface area contributed by atoms with Crippen LogP contribution >= 0.6 is 11.6 Å². The van der Waals surface area contributed by atoms with Crippen LogP contribution < -0.4 is 15.4 Å². The van der Waals surface area contributed by atoms with Crippen LogP contribution in [0.15, 0.2) is 29.3 Å². The van der Waals surface area contributed by atoms with Gasteiger partial charge in [0.25, 0.3) is 0 Å². The summed E-state index contributed by atoms with van der Waals surface area (Å²) in [5.74, 6) is 1.57. The van der Waals surface area contributed by atoms with E-state index in [0.29, 0.717) is 24.2 Å². The van der Waals surface area contributed by atoms with Crippen LogP contribution in [-0.2, 0) is 0 Å². The molecule has 1 aromatic carbocycles. The van der Waals surface area contributed by atoms with Crippen molar-refractivity contribution in [3.63, 3.8) is 0 Å². The number of hydrogen-bond donors (Lipinski definition) is 3. The van der Waals surface area contributed by atoms with Crippen LogP contribution in [0.3, 0.4) is 0 Å². The zero-order valence-corrected chi connectivity index (χ0v) is 14.4. The molecule has 1 aromatic rings. The summed E-state index contributed by atoms with van der Waals surface area (Å²) in [6, 6.07) is 7.74. The summed E-state index contributed by atoms with van der Waals surface area (Å²) in [5, 5.41) is 16.9. The summed E-state index contributed by atoms with van der Waals surface area (Å²) in [6.07, 6.45) is 3.53. The fourth-order valence-electron chi connectivity index (χ4n) is 2.61. The molecule has 0 saturated heterocycles. The summed E-state index contributed by atoms with van der Waals surface area (Å²) in [5.41, 5.74) is 0. The fraction of sp³-hybridized carbons (Fsp3) is 0.588. The van der Waals surface area contributed by atoms with Crippen LogP contribution in [0.4, 0.5) is 0 Å². The summed E-state index contributed by atoms with van der Waals surface area (Å²) in [6.45, 7) is 3.93. The number of aliphatic imine (C=N–C) groups is 1. The molecule has 0 bridgehead atoms. The number of ether oxygens (including phenoxy) is 1. The maximum absolute atomic E-state index is 9.57. The highest BCUT2D eigenvalue weighted by atomic mass is 35.5. The molecule has 128 valence electrons. The molecule has 3 N–H and O–H groups in total. The van der Waals surface area contributed by atoms with Crippen LogP contribution in [0.25, 0.3) is 0 Å². The number of nitrogens with zero attached hydrogens (tertiary/aromatic N) is 1. The van der Waals surface area contributed by atoms with Gasteiger partial charge in [-0.1, -0.05) is 17.7 Å². The first-order valence-corrected chi connectivity index (χ1v) is 8.66. The largest absolute Gasteiger partial charge is 0.492 e. The highest BCUT2D eigenvalue weighted by molar-refractivity contribution is 6.30. The lowest BCUT2D eigenvalue weighted by molar-refractivity contribution is 0.120. The quantitative estimate of drug-likeness (QED) is 0.423. The minimum atomic E-state index is -0.140. The van der Waals surface area contributed by atoms with Crippen LogP contribution in [0.5, 0.6) is 5.75 Å². The number of guanidine groups is 1. The molecule has 5 nitrogen and oxygen atoms in total. The number of halogens is 1. The van der Waals surface area contributed by atoms with Gasteiger partial charge in [0.2, 0.25) is 0 Å². The van der Waals surface area contributed by atoms with E-state index in [1.165, 1.54) is 0 Å². The lowest BCUT2D eigenvalue weighted by Gasteiger charge is -2.27. The topological polar surface area (TPSA) is 65.9 Å². The molecule has 1 fully saturated rings. The predicted molar refractivity (Wildman–Crippen MR) is 94.3 cm³/mol. The van der Waals surface area contributed by atoms with Crippen molar-refractivity contribution in [3.05, 3.63) is 29.3 Å². The van der Waals surface area contributed by atoms with Gasteiger partial charge in [-0.3, -0.25) is 0 Å². The van der Waals surface area contributed by atoms with Crippen LogP contribution in [0, 0.1) is 0 Å². The molecule has 1 saturated carbocycles. The molecule has 0 aliphatic heterocycles. The van der Waals surface area contributed by atoms with Gasteiger partial charge in [0.1, 0.15) is 12.4 Å². The standard InChI is InChI=1S/C17H26ClN3O2/c1-2-19-17(21-14-6-8-15(22)9-7-14)20-10-11-23-16-5-3-4-13(18)12-16/h3-5,12,14-15,22H,2,6-11H2,1H3,(H2,19,20,21). The van der Waals surface area contributed by atoms with E-state index in [1.807, 2.05) is 25.1 Å². The third kappa shape index (κ3) is 6.67. The van der Waals surface area contributed by atoms with E-state index in [1.54, 1.807) is 6.07 Å². The smallest absolute Gasteiger partial charge is 0.191 e. The Morgan fingerprint density at radius 2 is 2.13 bits per heavy atom. The van der Waals surface area contributed by atoms with Gasteiger partial charge in [-0.25, -0.2) is 4.99 Å². The summed E-state index contributed by atoms with van der Waals surface area (Å²) in [4.78, 5) is 4.54. The van der Waals surface area contributed by atoms with Crippen molar-refractivity contribution in [1.29, 1.82) is 0 Å². The lowest BCUT2D eigenvalue weighted by atomic mass is 9.93. The van der Waals surface area contributed by atoms with Crippen molar-refractivity contribution in [2.24, 2.45) is 4.99 Å². The minimum Gasteiger partial charge on any atom is -0.492 e. The SMILES string of the molecule is CCNC(=NCCOc1cccc(Cl)c1)NC1CCC(O)CC1. The lowest BCUT2D eigenvalue weighted by Crippen LogP contribution is -2.45. The third-order valence-electron chi connectivity index (χ3n) is 3.81. The summed E-state index contributed by atoms with van der Waals surface area (Å²) >= 11 is 5.92. The Labute approximate surface area is 143 Å². The first kappa shape index (κ1) is 17.9. The highest BCUT2D eigenvalue weighted by Gasteiger charge is 2.19. The molecule has 2 rings (SSSR count). The predicted octanol–water partition coefficient (Wildman–Crippen LogP) is 2.58. The molecule has 1 aliphatic carbocycles. The van der Waals surface area contributed by atoms with Gasteiger partial charge in [0.05, 0.1) is 12.6 Å². The average molecular weight is 340 g/mol. The first-order valence-electron chi connectivity index (χ1n) is 8.28. The van der Waals surface area contributed by atoms with E-state index in [9.17, 15) is 5.11 Å². The summed E-state index contributed by atoms with van der Waals surface area (Å²) in [7, 11) is 0. The van der Waals surface area contributed by atoms with Crippen molar-refractivity contribution in [3.8, 4) is 5.75 Å². The molecule has 0 spiro atoms. The van der Waals surface area contributed by atoms with E-state index in [2.05, 4.69) is 15.6 Å². The third-order valence-corrected chi connectivity index (χ3v) is 4.04. The Morgan fingerprint density at radius 1 is 1.35 bits per heavy atom. The number of nitrogens with one attached hydrogen (secondary N) is 2. The van der Waals surface area contributed by atoms with Gasteiger partial charge in [-0.05, 0) is 50.8 Å². The van der Waals surface area contributed by atoms with Crippen LogP contribution in [0.1, 0.15) is 32.6 Å². The van der Waals surface area contributed by atoms with Crippen molar-refractivity contribution in [2.45, 2.75) is 44.8 Å². The molecule has 1 aliphatic rings. The monoisotopic (exact) mass is 339 g/mol. The second-order valence-electron chi connectivity index (χ2n) is 5.72. The van der Waals surface area contributed by atoms with Gasteiger partial charge >= 0.3 is 0 Å². The zero-order valence-electron chi connectivity index (χ0n) is 13.6. The molecule has 0 radical (unpaired) electrons. The zero-order chi connectivity index (χ0) is 16.5. The van der Waals surface area contributed by atoms with Gasteiger partial charge in [-0.2, -0.15) is 0 Å². The number of aliphatic hydroxyl groups is 1. The van der Waals surface area contributed by atoms with E-state index >= 15 is 0 Å². The number of rotatable bonds is 6. The van der Waals surface area contributed by atoms with E-state index in [4.69, 9.17) is 16.3 Å². The number of hydrogen-bond acceptors (Lipinski definition) is 3. The number of benzene rings is 1. The maximum atomic E-state index is 9.57. The van der Waals surface area contributed by atoms with Crippen molar-refractivity contribution in [1.82, 2.24) is 10.6 Å². The Morgan fingerprint density at radius 3 is 2.83 bits per heavy atom. The fourth-order valence-corrected chi connectivity index (χ4v) is 2.79. The Hall–Kier alpha value is -1.46. The van der Waals surface area contributed by atoms with Crippen molar-refractivity contribution < 1.29 is 9.84 Å². The molecular formula is C17H26ClN3O2. The summed E-state index contributed by atoms with van der Waals surface area (Å²) < 4.78 is 5.64. The second kappa shape index (κ2) is 9.63. The van der Waals surface area contributed by atoms with Gasteiger partial charge in [-0.15, -0.1) is 0 Å². The van der Waals surface area contributed by atoms with E-state index in [0.717, 1.165) is 43.9 Å². The Balaban J connectivity index is 1.76. The average Bonchev–Trinajstić information content (AvgIpc) is 2.54. The molecule has 0 unspecified atom stereocenters. The van der Waals surface area contributed by atoms with Gasteiger partial charge in [0, 0.05) is 17.6 Å². The minimum absolute atomic E-state index is 0.140. The Kier molecular flexibility index (Phi) is 7.49. The molecule has 0 aromatic heterocycles. The van der Waals surface area contributed by atoms with Crippen molar-refractivity contribution >= 4 is 17.6 Å². The van der Waals surface area contributed by atoms with Crippen LogP contribution in [0.2, 0.25) is 5.02 Å². The number of aliphatic hydroxyl groups excluding tert-OH is 1.